The highest BCUT2D eigenvalue weighted by Crippen LogP contribution is 2.07. The largest absolute Gasteiger partial charge is 0.355 e. The maximum Gasteiger partial charge on any atom is 0.234 e. The summed E-state index contributed by atoms with van der Waals surface area (Å²) >= 11 is 5.33. The lowest BCUT2D eigenvalue weighted by molar-refractivity contribution is -0.118. The van der Waals surface area contributed by atoms with Crippen LogP contribution < -0.4 is 5.32 Å². The van der Waals surface area contributed by atoms with Crippen molar-refractivity contribution in [3.05, 3.63) is 11.6 Å². The van der Waals surface area contributed by atoms with Gasteiger partial charge in [0, 0.05) is 18.9 Å². The lowest BCUT2D eigenvalue weighted by atomic mass is 10.2. The van der Waals surface area contributed by atoms with Gasteiger partial charge in [0.1, 0.15) is 11.7 Å². The van der Waals surface area contributed by atoms with Crippen molar-refractivity contribution in [3.8, 4) is 0 Å². The molecule has 0 unspecified atom stereocenters. The summed E-state index contributed by atoms with van der Waals surface area (Å²) in [6.45, 7) is 4.59. The number of hydrogen-bond acceptors (Lipinski definition) is 3. The molecule has 0 spiro atoms. The van der Waals surface area contributed by atoms with Crippen LogP contribution >= 0.6 is 11.6 Å². The molecule has 1 aromatic heterocycles. The van der Waals surface area contributed by atoms with Crippen molar-refractivity contribution in [2.24, 2.45) is 0 Å². The van der Waals surface area contributed by atoms with Crippen molar-refractivity contribution >= 4 is 17.5 Å². The molecule has 0 aliphatic carbocycles. The summed E-state index contributed by atoms with van der Waals surface area (Å²) in [4.78, 5) is 15.1. The van der Waals surface area contributed by atoms with E-state index >= 15 is 0 Å². The Morgan fingerprint density at radius 1 is 1.60 bits per heavy atom. The van der Waals surface area contributed by atoms with E-state index in [2.05, 4.69) is 20.5 Å². The van der Waals surface area contributed by atoms with E-state index in [-0.39, 0.29) is 11.8 Å². The normalized spacial score (nSPS) is 10.7. The Morgan fingerprint density at radius 2 is 2.33 bits per heavy atom. The molecule has 84 valence electrons. The lowest BCUT2D eigenvalue weighted by Gasteiger charge is -1.99. The monoisotopic (exact) mass is 230 g/mol. The summed E-state index contributed by atoms with van der Waals surface area (Å²) in [5.74, 6) is 1.73. The van der Waals surface area contributed by atoms with Gasteiger partial charge in [0.15, 0.2) is 5.82 Å². The van der Waals surface area contributed by atoms with Crippen LogP contribution in [0, 0.1) is 0 Å². The number of aromatic amines is 1. The number of rotatable bonds is 5. The molecule has 1 aromatic rings. The van der Waals surface area contributed by atoms with Gasteiger partial charge in [-0.25, -0.2) is 4.98 Å². The van der Waals surface area contributed by atoms with Crippen LogP contribution in [0.1, 0.15) is 31.4 Å². The predicted octanol–water partition coefficient (Wildman–Crippen LogP) is 0.826. The molecule has 5 nitrogen and oxygen atoms in total. The van der Waals surface area contributed by atoms with E-state index < -0.39 is 0 Å². The molecule has 0 aromatic carbocycles. The molecule has 0 fully saturated rings. The van der Waals surface area contributed by atoms with Crippen LogP contribution in [0.3, 0.4) is 0 Å². The van der Waals surface area contributed by atoms with E-state index in [4.69, 9.17) is 11.6 Å². The topological polar surface area (TPSA) is 70.7 Å². The van der Waals surface area contributed by atoms with Gasteiger partial charge >= 0.3 is 0 Å². The first-order chi connectivity index (χ1) is 7.13. The number of carbonyl (C=O) groups is 1. The molecular weight excluding hydrogens is 216 g/mol. The van der Waals surface area contributed by atoms with Gasteiger partial charge in [0.05, 0.1) is 0 Å². The number of halogens is 1. The second-order valence-corrected chi connectivity index (χ2v) is 3.80. The lowest BCUT2D eigenvalue weighted by Crippen LogP contribution is -2.26. The van der Waals surface area contributed by atoms with Gasteiger partial charge in [-0.3, -0.25) is 9.89 Å². The number of nitrogens with one attached hydrogen (secondary N) is 2. The third-order valence-corrected chi connectivity index (χ3v) is 2.11. The Labute approximate surface area is 93.6 Å². The molecule has 2 N–H and O–H groups in total. The van der Waals surface area contributed by atoms with Gasteiger partial charge in [0.2, 0.25) is 5.91 Å². The Balaban J connectivity index is 2.34. The zero-order valence-corrected chi connectivity index (χ0v) is 9.64. The van der Waals surface area contributed by atoms with Crippen LogP contribution in [0.2, 0.25) is 0 Å². The Kier molecular flexibility index (Phi) is 4.55. The molecule has 0 aliphatic rings. The minimum atomic E-state index is -0.166. The number of carbonyl (C=O) groups excluding carboxylic acids is 1. The number of nitrogens with zero attached hydrogens (tertiary/aromatic N) is 2. The van der Waals surface area contributed by atoms with Crippen molar-refractivity contribution in [1.29, 1.82) is 0 Å². The third-order valence-electron chi connectivity index (χ3n) is 1.87. The first-order valence-corrected chi connectivity index (χ1v) is 5.40. The predicted molar refractivity (Wildman–Crippen MR) is 57.9 cm³/mol. The zero-order chi connectivity index (χ0) is 11.3. The molecule has 0 bridgehead atoms. The average Bonchev–Trinajstić information content (AvgIpc) is 2.66. The van der Waals surface area contributed by atoms with Crippen molar-refractivity contribution in [3.63, 3.8) is 0 Å². The first kappa shape index (κ1) is 12.0. The van der Waals surface area contributed by atoms with Crippen molar-refractivity contribution in [2.45, 2.75) is 26.2 Å². The molecule has 1 heterocycles. The van der Waals surface area contributed by atoms with Crippen LogP contribution in [0.4, 0.5) is 0 Å². The SMILES string of the molecule is CC(C)c1n[nH]c(CCNC(=O)CCl)n1. The second-order valence-electron chi connectivity index (χ2n) is 3.53. The van der Waals surface area contributed by atoms with Gasteiger partial charge in [0.25, 0.3) is 0 Å². The van der Waals surface area contributed by atoms with E-state index in [9.17, 15) is 4.79 Å². The van der Waals surface area contributed by atoms with Gasteiger partial charge in [-0.15, -0.1) is 11.6 Å². The molecule has 1 amide bonds. The highest BCUT2D eigenvalue weighted by atomic mass is 35.5. The van der Waals surface area contributed by atoms with Gasteiger partial charge < -0.3 is 5.32 Å². The minimum Gasteiger partial charge on any atom is -0.355 e. The van der Waals surface area contributed by atoms with Crippen molar-refractivity contribution < 1.29 is 4.79 Å². The van der Waals surface area contributed by atoms with Gasteiger partial charge in [-0.2, -0.15) is 5.10 Å². The summed E-state index contributed by atoms with van der Waals surface area (Å²) in [7, 11) is 0. The van der Waals surface area contributed by atoms with Gasteiger partial charge in [-0.05, 0) is 0 Å². The molecule has 0 radical (unpaired) electrons. The van der Waals surface area contributed by atoms with Crippen LogP contribution in [0.15, 0.2) is 0 Å². The molecule has 0 saturated heterocycles. The van der Waals surface area contributed by atoms with E-state index in [0.717, 1.165) is 11.6 Å². The number of hydrogen-bond donors (Lipinski definition) is 2. The van der Waals surface area contributed by atoms with Gasteiger partial charge in [-0.1, -0.05) is 13.8 Å². The molecule has 15 heavy (non-hydrogen) atoms. The van der Waals surface area contributed by atoms with E-state index in [1.54, 1.807) is 0 Å². The Hall–Kier alpha value is -1.10. The Bertz CT molecular complexity index is 324. The minimum absolute atomic E-state index is 0.00630. The van der Waals surface area contributed by atoms with Crippen LogP contribution in [-0.2, 0) is 11.2 Å². The molecule has 0 atom stereocenters. The van der Waals surface area contributed by atoms with Crippen LogP contribution in [0.5, 0.6) is 0 Å². The molecule has 0 aliphatic heterocycles. The average molecular weight is 231 g/mol. The molecule has 0 saturated carbocycles. The summed E-state index contributed by atoms with van der Waals surface area (Å²) in [5, 5.41) is 9.55. The number of amides is 1. The summed E-state index contributed by atoms with van der Waals surface area (Å²) in [6, 6.07) is 0. The zero-order valence-electron chi connectivity index (χ0n) is 8.88. The van der Waals surface area contributed by atoms with E-state index in [1.807, 2.05) is 13.8 Å². The van der Waals surface area contributed by atoms with Crippen LogP contribution in [0.25, 0.3) is 0 Å². The van der Waals surface area contributed by atoms with Crippen molar-refractivity contribution in [1.82, 2.24) is 20.5 Å². The maximum atomic E-state index is 10.8. The summed E-state index contributed by atoms with van der Waals surface area (Å²) < 4.78 is 0. The Morgan fingerprint density at radius 3 is 2.87 bits per heavy atom. The third kappa shape index (κ3) is 3.87. The van der Waals surface area contributed by atoms with E-state index in [1.165, 1.54) is 0 Å². The quantitative estimate of drug-likeness (QED) is 0.736. The molecule has 6 heteroatoms. The maximum absolute atomic E-state index is 10.8. The van der Waals surface area contributed by atoms with E-state index in [0.29, 0.717) is 18.9 Å². The fourth-order valence-corrected chi connectivity index (χ4v) is 1.14. The smallest absolute Gasteiger partial charge is 0.234 e. The van der Waals surface area contributed by atoms with Crippen molar-refractivity contribution in [2.75, 3.05) is 12.4 Å². The molecular formula is C9H15ClN4O. The molecule has 1 rings (SSSR count). The summed E-state index contributed by atoms with van der Waals surface area (Å²) in [5.41, 5.74) is 0. The fourth-order valence-electron chi connectivity index (χ4n) is 1.05. The van der Waals surface area contributed by atoms with Crippen LogP contribution in [-0.4, -0.2) is 33.5 Å². The standard InChI is InChI=1S/C9H15ClN4O/c1-6(2)9-12-7(13-14-9)3-4-11-8(15)5-10/h6H,3-5H2,1-2H3,(H,11,15)(H,12,13,14). The highest BCUT2D eigenvalue weighted by molar-refractivity contribution is 6.27. The first-order valence-electron chi connectivity index (χ1n) is 4.87. The fraction of sp³-hybridized carbons (Fsp3) is 0.667. The number of alkyl halides is 1. The summed E-state index contributed by atoms with van der Waals surface area (Å²) in [6.07, 6.45) is 0.641. The number of aromatic nitrogens is 3. The second kappa shape index (κ2) is 5.70. The number of H-pyrrole nitrogens is 1. The highest BCUT2D eigenvalue weighted by Gasteiger charge is 2.06.